The Morgan fingerprint density at radius 2 is 2.32 bits per heavy atom. The van der Waals surface area contributed by atoms with E-state index in [1.165, 1.54) is 11.3 Å². The topological polar surface area (TPSA) is 85.5 Å². The van der Waals surface area contributed by atoms with Gasteiger partial charge in [-0.1, -0.05) is 6.07 Å². The highest BCUT2D eigenvalue weighted by molar-refractivity contribution is 7.20. The molecule has 2 amide bonds. The van der Waals surface area contributed by atoms with Crippen LogP contribution in [0.5, 0.6) is 0 Å². The third-order valence-corrected chi connectivity index (χ3v) is 5.28. The molecule has 6 nitrogen and oxygen atoms in total. The van der Waals surface area contributed by atoms with Crippen molar-refractivity contribution in [2.75, 3.05) is 19.7 Å². The van der Waals surface area contributed by atoms with E-state index in [1.54, 1.807) is 16.2 Å². The van der Waals surface area contributed by atoms with Gasteiger partial charge < -0.3 is 15.4 Å². The molecule has 0 aromatic carbocycles. The molecule has 1 aliphatic rings. The largest absolute Gasteiger partial charge is 0.367 e. The van der Waals surface area contributed by atoms with Gasteiger partial charge in [0.05, 0.1) is 30.1 Å². The molecule has 0 bridgehead atoms. The molecule has 1 fully saturated rings. The summed E-state index contributed by atoms with van der Waals surface area (Å²) in [5.41, 5.74) is 5.98. The number of hydrogen-bond acceptors (Lipinski definition) is 6. The number of amides is 2. The Morgan fingerprint density at radius 1 is 1.45 bits per heavy atom. The number of nitrogens with zero attached hydrogens (tertiary/aromatic N) is 2. The van der Waals surface area contributed by atoms with Gasteiger partial charge in [0.2, 0.25) is 11.8 Å². The molecule has 3 heterocycles. The lowest BCUT2D eigenvalue weighted by Gasteiger charge is -2.31. The van der Waals surface area contributed by atoms with E-state index in [4.69, 9.17) is 10.5 Å². The smallest absolute Gasteiger partial charge is 0.248 e. The molecule has 8 heteroatoms. The van der Waals surface area contributed by atoms with Crippen LogP contribution in [-0.4, -0.2) is 47.5 Å². The number of aromatic nitrogens is 1. The monoisotopic (exact) mass is 337 g/mol. The molecular weight excluding hydrogens is 322 g/mol. The Labute approximate surface area is 135 Å². The van der Waals surface area contributed by atoms with E-state index in [1.807, 2.05) is 22.9 Å². The summed E-state index contributed by atoms with van der Waals surface area (Å²) < 4.78 is 5.24. The van der Waals surface area contributed by atoms with E-state index in [2.05, 4.69) is 4.98 Å². The average Bonchev–Trinajstić information content (AvgIpc) is 3.18. The van der Waals surface area contributed by atoms with Crippen molar-refractivity contribution in [3.05, 3.63) is 28.6 Å². The highest BCUT2D eigenvalue weighted by atomic mass is 32.1. The first-order chi connectivity index (χ1) is 10.6. The molecule has 0 radical (unpaired) electrons. The molecule has 1 aliphatic heterocycles. The fraction of sp³-hybridized carbons (Fsp3) is 0.357. The van der Waals surface area contributed by atoms with Gasteiger partial charge in [-0.15, -0.1) is 22.7 Å². The minimum Gasteiger partial charge on any atom is -0.367 e. The molecular formula is C14H15N3O3S2. The van der Waals surface area contributed by atoms with Crippen LogP contribution >= 0.6 is 22.7 Å². The van der Waals surface area contributed by atoms with Crippen molar-refractivity contribution in [1.29, 1.82) is 0 Å². The van der Waals surface area contributed by atoms with Gasteiger partial charge in [-0.05, 0) is 11.4 Å². The number of morpholine rings is 1. The van der Waals surface area contributed by atoms with Crippen LogP contribution in [0.25, 0.3) is 9.88 Å². The lowest BCUT2D eigenvalue weighted by Crippen LogP contribution is -2.50. The van der Waals surface area contributed by atoms with Crippen molar-refractivity contribution < 1.29 is 14.3 Å². The van der Waals surface area contributed by atoms with Crippen molar-refractivity contribution in [2.24, 2.45) is 5.73 Å². The van der Waals surface area contributed by atoms with Gasteiger partial charge >= 0.3 is 0 Å². The number of ether oxygens (including phenoxy) is 1. The van der Waals surface area contributed by atoms with Crippen LogP contribution < -0.4 is 5.73 Å². The molecule has 2 aromatic rings. The maximum absolute atomic E-state index is 12.3. The minimum atomic E-state index is -0.713. The summed E-state index contributed by atoms with van der Waals surface area (Å²) in [6.07, 6.45) is -0.484. The van der Waals surface area contributed by atoms with Gasteiger partial charge in [-0.25, -0.2) is 4.98 Å². The fourth-order valence-electron chi connectivity index (χ4n) is 2.22. The van der Waals surface area contributed by atoms with E-state index in [9.17, 15) is 9.59 Å². The molecule has 2 aromatic heterocycles. The standard InChI is InChI=1S/C14H15N3O3S2/c15-13(19)10-7-17(3-4-20-10)12(18)6-9-8-22-14(16-9)11-2-1-5-21-11/h1-2,5,8,10H,3-4,6-7H2,(H2,15,19). The predicted octanol–water partition coefficient (Wildman–Crippen LogP) is 1.13. The summed E-state index contributed by atoms with van der Waals surface area (Å²) in [6.45, 7) is 1.03. The number of rotatable bonds is 4. The van der Waals surface area contributed by atoms with Crippen LogP contribution in [0.15, 0.2) is 22.9 Å². The van der Waals surface area contributed by atoms with Crippen LogP contribution in [0.4, 0.5) is 0 Å². The third-order valence-electron chi connectivity index (χ3n) is 3.35. The van der Waals surface area contributed by atoms with Crippen LogP contribution in [0.2, 0.25) is 0 Å². The van der Waals surface area contributed by atoms with Gasteiger partial charge in [-0.2, -0.15) is 0 Å². The number of carbonyl (C=O) groups excluding carboxylic acids is 2. The van der Waals surface area contributed by atoms with Crippen molar-refractivity contribution in [1.82, 2.24) is 9.88 Å². The predicted molar refractivity (Wildman–Crippen MR) is 84.6 cm³/mol. The van der Waals surface area contributed by atoms with Gasteiger partial charge in [0, 0.05) is 11.9 Å². The molecule has 2 N–H and O–H groups in total. The van der Waals surface area contributed by atoms with Gasteiger partial charge in [-0.3, -0.25) is 9.59 Å². The second-order valence-electron chi connectivity index (χ2n) is 4.90. The van der Waals surface area contributed by atoms with Crippen molar-refractivity contribution in [3.8, 4) is 9.88 Å². The molecule has 116 valence electrons. The highest BCUT2D eigenvalue weighted by Crippen LogP contribution is 2.28. The SMILES string of the molecule is NC(=O)C1CN(C(=O)Cc2csc(-c3cccs3)n2)CCO1. The van der Waals surface area contributed by atoms with Crippen molar-refractivity contribution >= 4 is 34.5 Å². The summed E-state index contributed by atoms with van der Waals surface area (Å²) in [7, 11) is 0. The minimum absolute atomic E-state index is 0.0578. The molecule has 1 atom stereocenters. The van der Waals surface area contributed by atoms with Crippen molar-refractivity contribution in [3.63, 3.8) is 0 Å². The number of thiazole rings is 1. The maximum Gasteiger partial charge on any atom is 0.248 e. The van der Waals surface area contributed by atoms with Crippen LogP contribution in [0.3, 0.4) is 0 Å². The van der Waals surface area contributed by atoms with E-state index in [0.717, 1.165) is 15.6 Å². The quantitative estimate of drug-likeness (QED) is 0.906. The van der Waals surface area contributed by atoms with Gasteiger partial charge in [0.1, 0.15) is 5.01 Å². The van der Waals surface area contributed by atoms with E-state index in [0.29, 0.717) is 13.2 Å². The summed E-state index contributed by atoms with van der Waals surface area (Å²) >= 11 is 3.16. The molecule has 0 saturated carbocycles. The molecule has 3 rings (SSSR count). The second kappa shape index (κ2) is 6.55. The zero-order chi connectivity index (χ0) is 15.5. The first kappa shape index (κ1) is 15.1. The highest BCUT2D eigenvalue weighted by Gasteiger charge is 2.28. The molecule has 1 saturated heterocycles. The van der Waals surface area contributed by atoms with Gasteiger partial charge in [0.25, 0.3) is 0 Å². The first-order valence-corrected chi connectivity index (χ1v) is 8.56. The first-order valence-electron chi connectivity index (χ1n) is 6.80. The normalized spacial score (nSPS) is 18.4. The summed E-state index contributed by atoms with van der Waals surface area (Å²) in [6, 6.07) is 3.98. The fourth-order valence-corrected chi connectivity index (χ4v) is 3.85. The number of nitrogens with two attached hydrogens (primary N) is 1. The van der Waals surface area contributed by atoms with E-state index < -0.39 is 12.0 Å². The lowest BCUT2D eigenvalue weighted by atomic mass is 10.2. The number of carbonyl (C=O) groups is 2. The Balaban J connectivity index is 1.63. The molecule has 1 unspecified atom stereocenters. The Hall–Kier alpha value is -1.77. The van der Waals surface area contributed by atoms with Crippen molar-refractivity contribution in [2.45, 2.75) is 12.5 Å². The number of primary amides is 1. The maximum atomic E-state index is 12.3. The third kappa shape index (κ3) is 3.34. The summed E-state index contributed by atoms with van der Waals surface area (Å²) in [4.78, 5) is 30.7. The second-order valence-corrected chi connectivity index (χ2v) is 6.71. The van der Waals surface area contributed by atoms with Gasteiger partial charge in [0.15, 0.2) is 6.10 Å². The Morgan fingerprint density at radius 3 is 3.05 bits per heavy atom. The summed E-state index contributed by atoms with van der Waals surface area (Å²) in [5.74, 6) is -0.594. The van der Waals surface area contributed by atoms with E-state index >= 15 is 0 Å². The van der Waals surface area contributed by atoms with Crippen LogP contribution in [0, 0.1) is 0 Å². The Kier molecular flexibility index (Phi) is 4.51. The lowest BCUT2D eigenvalue weighted by molar-refractivity contribution is -0.145. The molecule has 0 aliphatic carbocycles. The average molecular weight is 337 g/mol. The molecule has 0 spiro atoms. The zero-order valence-corrected chi connectivity index (χ0v) is 13.4. The van der Waals surface area contributed by atoms with Crippen LogP contribution in [-0.2, 0) is 20.7 Å². The Bertz CT molecular complexity index is 669. The zero-order valence-electron chi connectivity index (χ0n) is 11.7. The van der Waals surface area contributed by atoms with E-state index in [-0.39, 0.29) is 18.9 Å². The number of thiophene rings is 1. The summed E-state index contributed by atoms with van der Waals surface area (Å²) in [5, 5.41) is 4.83. The number of hydrogen-bond donors (Lipinski definition) is 1. The van der Waals surface area contributed by atoms with Crippen LogP contribution in [0.1, 0.15) is 5.69 Å². The molecule has 22 heavy (non-hydrogen) atoms.